The molecule has 0 saturated carbocycles. The van der Waals surface area contributed by atoms with Gasteiger partial charge in [-0.25, -0.2) is 14.4 Å². The van der Waals surface area contributed by atoms with Crippen LogP contribution in [0.15, 0.2) is 73.0 Å². The lowest BCUT2D eigenvalue weighted by Crippen LogP contribution is -2.29. The lowest BCUT2D eigenvalue weighted by atomic mass is 9.93. The predicted octanol–water partition coefficient (Wildman–Crippen LogP) is 5.37. The molecule has 5 nitrogen and oxygen atoms in total. The van der Waals surface area contributed by atoms with Crippen LogP contribution in [0.2, 0.25) is 5.28 Å². The van der Waals surface area contributed by atoms with E-state index in [1.54, 1.807) is 24.6 Å². The highest BCUT2D eigenvalue weighted by molar-refractivity contribution is 6.28. The molecule has 160 valence electrons. The molecule has 0 saturated heterocycles. The number of carbonyl (C=O) groups is 1. The summed E-state index contributed by atoms with van der Waals surface area (Å²) in [5.41, 5.74) is 1.14. The third kappa shape index (κ3) is 5.00. The van der Waals surface area contributed by atoms with Crippen molar-refractivity contribution in [1.82, 2.24) is 14.9 Å². The van der Waals surface area contributed by atoms with E-state index < -0.39 is 17.9 Å². The van der Waals surface area contributed by atoms with Gasteiger partial charge < -0.3 is 10.2 Å². The number of nitrogens with one attached hydrogen (secondary N) is 1. The van der Waals surface area contributed by atoms with E-state index in [2.05, 4.69) is 16.5 Å². The normalized spacial score (nSPS) is 15.4. The number of aromatic nitrogens is 2. The number of rotatable bonds is 4. The fraction of sp³-hybridized carbons (Fsp3) is 0.0952. The first-order valence-electron chi connectivity index (χ1n) is 8.76. The van der Waals surface area contributed by atoms with Gasteiger partial charge in [-0.2, -0.15) is 13.2 Å². The minimum Gasteiger partial charge on any atom is -0.348 e. The van der Waals surface area contributed by atoms with Crippen molar-refractivity contribution in [3.8, 4) is 0 Å². The molecule has 0 spiro atoms. The largest absolute Gasteiger partial charge is 0.471 e. The van der Waals surface area contributed by atoms with Crippen molar-refractivity contribution in [3.05, 3.63) is 89.5 Å². The van der Waals surface area contributed by atoms with Crippen LogP contribution in [0.25, 0.3) is 11.1 Å². The number of halogens is 5. The van der Waals surface area contributed by atoms with Crippen LogP contribution in [-0.2, 0) is 4.79 Å². The molecule has 0 fully saturated rings. The summed E-state index contributed by atoms with van der Waals surface area (Å²) in [4.78, 5) is 20.7. The van der Waals surface area contributed by atoms with E-state index in [9.17, 15) is 22.4 Å². The van der Waals surface area contributed by atoms with E-state index in [-0.39, 0.29) is 33.5 Å². The molecule has 0 bridgehead atoms. The van der Waals surface area contributed by atoms with Gasteiger partial charge in [-0.1, -0.05) is 18.7 Å². The topological polar surface area (TPSA) is 58.1 Å². The van der Waals surface area contributed by atoms with E-state index in [0.717, 1.165) is 0 Å². The molecule has 31 heavy (non-hydrogen) atoms. The Hall–Kier alpha value is -3.46. The lowest BCUT2D eigenvalue weighted by Gasteiger charge is -2.25. The number of carbonyl (C=O) groups excluding carboxylic acids is 1. The van der Waals surface area contributed by atoms with E-state index in [0.29, 0.717) is 5.56 Å². The van der Waals surface area contributed by atoms with E-state index in [1.807, 2.05) is 0 Å². The van der Waals surface area contributed by atoms with Gasteiger partial charge >= 0.3 is 12.1 Å². The lowest BCUT2D eigenvalue weighted by molar-refractivity contribution is -0.167. The smallest absolute Gasteiger partial charge is 0.348 e. The number of anilines is 1. The number of hydrogen-bond donors (Lipinski definition) is 1. The Bertz CT molecular complexity index is 1140. The molecule has 1 aromatic carbocycles. The standard InChI is InChI=1S/C21H15ClF4N4O/c1-12(13-5-3-6-14(11-13)28-19(31)21(24,25)26)17(16-8-9-27-20(22)29-16)18-15(23)7-4-10-30(18)2/h3-11H,1H2,2H3,(H,28,31)/b18-17+. The van der Waals surface area contributed by atoms with Crippen molar-refractivity contribution < 1.29 is 22.4 Å². The minimum atomic E-state index is -5.04. The van der Waals surface area contributed by atoms with E-state index >= 15 is 0 Å². The fourth-order valence-corrected chi connectivity index (χ4v) is 3.05. The molecule has 10 heteroatoms. The third-order valence-corrected chi connectivity index (χ3v) is 4.46. The number of nitrogens with zero attached hydrogens (tertiary/aromatic N) is 3. The van der Waals surface area contributed by atoms with E-state index in [1.165, 1.54) is 47.5 Å². The fourth-order valence-electron chi connectivity index (χ4n) is 2.90. The summed E-state index contributed by atoms with van der Waals surface area (Å²) in [5.74, 6) is -2.68. The highest BCUT2D eigenvalue weighted by Crippen LogP contribution is 2.38. The molecule has 1 aromatic heterocycles. The molecule has 0 atom stereocenters. The molecule has 1 aliphatic rings. The Labute approximate surface area is 180 Å². The Kier molecular flexibility index (Phi) is 6.26. The van der Waals surface area contributed by atoms with Crippen molar-refractivity contribution in [2.75, 3.05) is 12.4 Å². The monoisotopic (exact) mass is 450 g/mol. The molecule has 0 unspecified atom stereocenters. The van der Waals surface area contributed by atoms with Gasteiger partial charge in [0.05, 0.1) is 11.4 Å². The van der Waals surface area contributed by atoms with Crippen LogP contribution in [0.1, 0.15) is 11.3 Å². The number of alkyl halides is 3. The first-order valence-corrected chi connectivity index (χ1v) is 9.14. The van der Waals surface area contributed by atoms with Gasteiger partial charge in [0, 0.05) is 30.7 Å². The predicted molar refractivity (Wildman–Crippen MR) is 110 cm³/mol. The number of allylic oxidation sites excluding steroid dienone is 5. The van der Waals surface area contributed by atoms with Crippen molar-refractivity contribution in [1.29, 1.82) is 0 Å². The van der Waals surface area contributed by atoms with Crippen LogP contribution in [0, 0.1) is 0 Å². The Balaban J connectivity index is 2.11. The zero-order chi connectivity index (χ0) is 22.8. The number of hydrogen-bond acceptors (Lipinski definition) is 4. The van der Waals surface area contributed by atoms with Gasteiger partial charge in [0.25, 0.3) is 0 Å². The van der Waals surface area contributed by atoms with Crippen LogP contribution >= 0.6 is 11.6 Å². The average molecular weight is 451 g/mol. The maximum absolute atomic E-state index is 14.8. The molecule has 0 aliphatic carbocycles. The maximum Gasteiger partial charge on any atom is 0.471 e. The first-order chi connectivity index (χ1) is 14.6. The average Bonchev–Trinajstić information content (AvgIpc) is 2.70. The maximum atomic E-state index is 14.8. The van der Waals surface area contributed by atoms with Gasteiger partial charge in [0.15, 0.2) is 0 Å². The highest BCUT2D eigenvalue weighted by atomic mass is 35.5. The Morgan fingerprint density at radius 1 is 1.26 bits per heavy atom. The molecular weight excluding hydrogens is 436 g/mol. The zero-order valence-corrected chi connectivity index (χ0v) is 16.8. The summed E-state index contributed by atoms with van der Waals surface area (Å²) in [6.45, 7) is 4.00. The minimum absolute atomic E-state index is 0.0759. The van der Waals surface area contributed by atoms with E-state index in [4.69, 9.17) is 11.6 Å². The van der Waals surface area contributed by atoms with Crippen LogP contribution in [-0.4, -0.2) is 34.0 Å². The van der Waals surface area contributed by atoms with Crippen molar-refractivity contribution in [3.63, 3.8) is 0 Å². The van der Waals surface area contributed by atoms with Gasteiger partial charge in [0.2, 0.25) is 5.28 Å². The summed E-state index contributed by atoms with van der Waals surface area (Å²) < 4.78 is 52.6. The summed E-state index contributed by atoms with van der Waals surface area (Å²) in [6, 6.07) is 7.11. The van der Waals surface area contributed by atoms with Gasteiger partial charge in [0.1, 0.15) is 5.83 Å². The summed E-state index contributed by atoms with van der Waals surface area (Å²) in [5, 5.41) is 1.71. The van der Waals surface area contributed by atoms with Gasteiger partial charge in [-0.3, -0.25) is 4.79 Å². The molecule has 2 heterocycles. The molecule has 1 aliphatic heterocycles. The number of likely N-dealkylation sites (N-methyl/N-ethyl adjacent to an activating group) is 1. The van der Waals surface area contributed by atoms with Crippen molar-refractivity contribution in [2.45, 2.75) is 6.18 Å². The van der Waals surface area contributed by atoms with Gasteiger partial charge in [-0.05, 0) is 53.1 Å². The third-order valence-electron chi connectivity index (χ3n) is 4.28. The first kappa shape index (κ1) is 22.2. The second-order valence-electron chi connectivity index (χ2n) is 6.41. The molecule has 0 radical (unpaired) electrons. The Morgan fingerprint density at radius 2 is 2.00 bits per heavy atom. The zero-order valence-electron chi connectivity index (χ0n) is 16.0. The molecular formula is C21H15ClF4N4O. The number of amides is 1. The SMILES string of the molecule is C=C(/C(=C1/C(F)=CC=CN1C)c1ccnc(Cl)n1)c1cccc(NC(=O)C(F)(F)F)c1. The van der Waals surface area contributed by atoms with Gasteiger partial charge in [-0.15, -0.1) is 0 Å². The summed E-state index contributed by atoms with van der Waals surface area (Å²) in [6.07, 6.45) is 0.737. The van der Waals surface area contributed by atoms with Crippen LogP contribution in [0.5, 0.6) is 0 Å². The molecule has 1 N–H and O–H groups in total. The van der Waals surface area contributed by atoms with Crippen LogP contribution in [0.3, 0.4) is 0 Å². The Morgan fingerprint density at radius 3 is 2.65 bits per heavy atom. The molecule has 3 rings (SSSR count). The molecule has 2 aromatic rings. The van der Waals surface area contributed by atoms with Crippen molar-refractivity contribution in [2.24, 2.45) is 0 Å². The molecule has 1 amide bonds. The highest BCUT2D eigenvalue weighted by Gasteiger charge is 2.38. The van der Waals surface area contributed by atoms with Crippen LogP contribution in [0.4, 0.5) is 23.2 Å². The quantitative estimate of drug-likeness (QED) is 0.502. The second kappa shape index (κ2) is 8.73. The number of benzene rings is 1. The second-order valence-corrected chi connectivity index (χ2v) is 6.75. The van der Waals surface area contributed by atoms with Crippen LogP contribution < -0.4 is 5.32 Å². The summed E-state index contributed by atoms with van der Waals surface area (Å²) >= 11 is 5.91. The summed E-state index contributed by atoms with van der Waals surface area (Å²) in [7, 11) is 1.62. The van der Waals surface area contributed by atoms with Crippen molar-refractivity contribution >= 4 is 34.3 Å².